The molecule has 0 saturated carbocycles. The van der Waals surface area contributed by atoms with E-state index in [1.807, 2.05) is 39.8 Å². The van der Waals surface area contributed by atoms with Crippen LogP contribution in [0.2, 0.25) is 0 Å². The summed E-state index contributed by atoms with van der Waals surface area (Å²) in [4.78, 5) is 54.7. The number of benzene rings is 2. The van der Waals surface area contributed by atoms with Crippen LogP contribution in [0.3, 0.4) is 0 Å². The van der Waals surface area contributed by atoms with E-state index >= 15 is 0 Å². The van der Waals surface area contributed by atoms with Gasteiger partial charge in [-0.2, -0.15) is 0 Å². The number of phenolic OH excluding ortho intramolecular Hbond substituents is 1. The summed E-state index contributed by atoms with van der Waals surface area (Å²) < 4.78 is 10.2. The van der Waals surface area contributed by atoms with E-state index in [1.54, 1.807) is 45.0 Å². The third-order valence-corrected chi connectivity index (χ3v) is 6.96. The van der Waals surface area contributed by atoms with E-state index in [2.05, 4.69) is 10.6 Å². The second kappa shape index (κ2) is 14.7. The lowest BCUT2D eigenvalue weighted by molar-refractivity contribution is -0.150. The molecular formula is C32H45N3O7. The van der Waals surface area contributed by atoms with E-state index in [1.165, 1.54) is 24.1 Å². The summed E-state index contributed by atoms with van der Waals surface area (Å²) in [6.07, 6.45) is 0.551. The minimum atomic E-state index is -1.13. The first-order valence-corrected chi connectivity index (χ1v) is 14.2. The molecule has 2 rings (SSSR count). The van der Waals surface area contributed by atoms with Gasteiger partial charge in [-0.1, -0.05) is 50.2 Å². The lowest BCUT2D eigenvalue weighted by Gasteiger charge is -2.44. The Balaban J connectivity index is 2.66. The molecule has 0 radical (unpaired) electrons. The number of nitrogens with one attached hydrogen (secondary N) is 2. The Morgan fingerprint density at radius 3 is 1.98 bits per heavy atom. The lowest BCUT2D eigenvalue weighted by Crippen LogP contribution is -2.60. The number of amides is 3. The van der Waals surface area contributed by atoms with Gasteiger partial charge in [0.1, 0.15) is 30.0 Å². The highest BCUT2D eigenvalue weighted by Crippen LogP contribution is 2.33. The van der Waals surface area contributed by atoms with Crippen molar-refractivity contribution in [2.24, 2.45) is 0 Å². The number of rotatable bonds is 12. The first kappa shape index (κ1) is 34.1. The van der Waals surface area contributed by atoms with Gasteiger partial charge in [-0.3, -0.25) is 14.4 Å². The summed E-state index contributed by atoms with van der Waals surface area (Å²) in [6.45, 7) is 12.4. The number of nitrogens with zero attached hydrogens (tertiary/aromatic N) is 1. The van der Waals surface area contributed by atoms with Gasteiger partial charge in [0.25, 0.3) is 0 Å². The average Bonchev–Trinajstić information content (AvgIpc) is 2.93. The Hall–Kier alpha value is -4.08. The van der Waals surface area contributed by atoms with Crippen molar-refractivity contribution in [1.29, 1.82) is 0 Å². The SMILES string of the molecule is CCc1ccc(C(C(=O)NCC(=O)OC)N(C(=O)C(Cc2ccc(O)cc2)NC(=O)OC(C)(C)C)C(C)(C)CC)cc1. The van der Waals surface area contributed by atoms with Crippen LogP contribution in [0.5, 0.6) is 5.75 Å². The normalized spacial score (nSPS) is 13.0. The van der Waals surface area contributed by atoms with Crippen molar-refractivity contribution in [3.05, 3.63) is 65.2 Å². The molecule has 3 amide bonds. The van der Waals surface area contributed by atoms with Crippen LogP contribution in [0.15, 0.2) is 48.5 Å². The zero-order valence-electron chi connectivity index (χ0n) is 25.9. The van der Waals surface area contributed by atoms with Crippen molar-refractivity contribution in [2.45, 2.75) is 91.0 Å². The smallest absolute Gasteiger partial charge is 0.408 e. The number of aryl methyl sites for hydroxylation is 1. The van der Waals surface area contributed by atoms with Crippen LogP contribution >= 0.6 is 0 Å². The molecule has 0 aromatic heterocycles. The predicted molar refractivity (Wildman–Crippen MR) is 160 cm³/mol. The van der Waals surface area contributed by atoms with Gasteiger partial charge in [0.2, 0.25) is 11.8 Å². The number of carbonyl (C=O) groups is 4. The maximum Gasteiger partial charge on any atom is 0.408 e. The molecule has 230 valence electrons. The highest BCUT2D eigenvalue weighted by molar-refractivity contribution is 5.93. The molecule has 0 saturated heterocycles. The van der Waals surface area contributed by atoms with Crippen LogP contribution in [0.4, 0.5) is 4.79 Å². The Morgan fingerprint density at radius 1 is 0.905 bits per heavy atom. The third kappa shape index (κ3) is 9.78. The molecule has 10 nitrogen and oxygen atoms in total. The molecule has 2 atom stereocenters. The highest BCUT2D eigenvalue weighted by atomic mass is 16.6. The molecule has 2 aromatic carbocycles. The van der Waals surface area contributed by atoms with Gasteiger partial charge in [0.05, 0.1) is 7.11 Å². The van der Waals surface area contributed by atoms with Crippen LogP contribution in [-0.4, -0.2) is 64.7 Å². The molecule has 0 fully saturated rings. The summed E-state index contributed by atoms with van der Waals surface area (Å²) in [7, 11) is 1.22. The van der Waals surface area contributed by atoms with Crippen LogP contribution in [0.25, 0.3) is 0 Å². The number of hydrogen-bond donors (Lipinski definition) is 3. The largest absolute Gasteiger partial charge is 0.508 e. The Kier molecular flexibility index (Phi) is 11.9. The van der Waals surface area contributed by atoms with Gasteiger partial charge in [-0.15, -0.1) is 0 Å². The number of esters is 1. The monoisotopic (exact) mass is 583 g/mol. The summed E-state index contributed by atoms with van der Waals surface area (Å²) in [5.74, 6) is -1.65. The fourth-order valence-corrected chi connectivity index (χ4v) is 4.31. The maximum atomic E-state index is 14.6. The van der Waals surface area contributed by atoms with Crippen LogP contribution in [-0.2, 0) is 36.7 Å². The summed E-state index contributed by atoms with van der Waals surface area (Å²) in [5.41, 5.74) is 0.601. The van der Waals surface area contributed by atoms with Crippen LogP contribution < -0.4 is 10.6 Å². The maximum absolute atomic E-state index is 14.6. The van der Waals surface area contributed by atoms with Crippen molar-refractivity contribution in [2.75, 3.05) is 13.7 Å². The topological polar surface area (TPSA) is 134 Å². The Morgan fingerprint density at radius 2 is 1.48 bits per heavy atom. The van der Waals surface area contributed by atoms with Crippen molar-refractivity contribution in [3.63, 3.8) is 0 Å². The Labute approximate surface area is 248 Å². The van der Waals surface area contributed by atoms with E-state index in [0.29, 0.717) is 17.5 Å². The average molecular weight is 584 g/mol. The van der Waals surface area contributed by atoms with Crippen molar-refractivity contribution >= 4 is 23.9 Å². The third-order valence-electron chi connectivity index (χ3n) is 6.96. The number of methoxy groups -OCH3 is 1. The second-order valence-corrected chi connectivity index (χ2v) is 11.7. The highest BCUT2D eigenvalue weighted by Gasteiger charge is 2.43. The molecule has 0 bridgehead atoms. The van der Waals surface area contributed by atoms with Crippen LogP contribution in [0.1, 0.15) is 77.6 Å². The van der Waals surface area contributed by atoms with Gasteiger partial charge in [-0.05, 0) is 76.3 Å². The first-order valence-electron chi connectivity index (χ1n) is 14.2. The molecule has 0 aliphatic rings. The van der Waals surface area contributed by atoms with E-state index in [9.17, 15) is 24.3 Å². The van der Waals surface area contributed by atoms with Gasteiger partial charge in [-0.25, -0.2) is 4.79 Å². The molecule has 2 unspecified atom stereocenters. The molecule has 0 spiro atoms. The van der Waals surface area contributed by atoms with E-state index in [0.717, 1.165) is 12.0 Å². The number of carbonyl (C=O) groups excluding carboxylic acids is 4. The summed E-state index contributed by atoms with van der Waals surface area (Å²) >= 11 is 0. The quantitative estimate of drug-likeness (QED) is 0.315. The number of alkyl carbamates (subject to hydrolysis) is 1. The lowest BCUT2D eigenvalue weighted by atomic mass is 9.90. The molecule has 10 heteroatoms. The number of aromatic hydroxyl groups is 1. The van der Waals surface area contributed by atoms with Crippen molar-refractivity contribution in [3.8, 4) is 5.75 Å². The zero-order chi connectivity index (χ0) is 31.7. The fraction of sp³-hybridized carbons (Fsp3) is 0.500. The molecular weight excluding hydrogens is 538 g/mol. The number of ether oxygens (including phenoxy) is 2. The fourth-order valence-electron chi connectivity index (χ4n) is 4.31. The number of phenols is 1. The molecule has 2 aromatic rings. The van der Waals surface area contributed by atoms with Crippen molar-refractivity contribution < 1.29 is 33.8 Å². The minimum Gasteiger partial charge on any atom is -0.508 e. The summed E-state index contributed by atoms with van der Waals surface area (Å²) in [6, 6.07) is 11.4. The first-order chi connectivity index (χ1) is 19.6. The minimum absolute atomic E-state index is 0.0633. The predicted octanol–water partition coefficient (Wildman–Crippen LogP) is 4.44. The van der Waals surface area contributed by atoms with Gasteiger partial charge in [0.15, 0.2) is 0 Å². The van der Waals surface area contributed by atoms with E-state index < -0.39 is 47.1 Å². The number of hydrogen-bond acceptors (Lipinski definition) is 7. The van der Waals surface area contributed by atoms with Crippen LogP contribution in [0, 0.1) is 0 Å². The standard InChI is InChI=1S/C32H45N3O7/c1-9-21-11-15-23(16-12-21)27(28(38)33-20-26(37)41-8)35(32(6,7)10-2)29(39)25(34-30(40)42-31(3,4)5)19-22-13-17-24(36)18-14-22/h11-18,25,27,36H,9-10,19-20H2,1-8H3,(H,33,38)(H,34,40). The molecule has 42 heavy (non-hydrogen) atoms. The van der Waals surface area contributed by atoms with E-state index in [4.69, 9.17) is 9.47 Å². The van der Waals surface area contributed by atoms with Gasteiger partial charge in [0, 0.05) is 12.0 Å². The Bertz CT molecular complexity index is 1220. The molecule has 0 aliphatic heterocycles. The zero-order valence-corrected chi connectivity index (χ0v) is 25.9. The van der Waals surface area contributed by atoms with Crippen molar-refractivity contribution in [1.82, 2.24) is 15.5 Å². The molecule has 0 aliphatic carbocycles. The molecule has 0 heterocycles. The van der Waals surface area contributed by atoms with E-state index in [-0.39, 0.29) is 18.7 Å². The van der Waals surface area contributed by atoms with Gasteiger partial charge >= 0.3 is 12.1 Å². The molecule has 3 N–H and O–H groups in total. The second-order valence-electron chi connectivity index (χ2n) is 11.7. The van der Waals surface area contributed by atoms with Gasteiger partial charge < -0.3 is 30.1 Å². The summed E-state index contributed by atoms with van der Waals surface area (Å²) in [5, 5.41) is 15.1.